The minimum absolute atomic E-state index is 0.311. The van der Waals surface area contributed by atoms with Gasteiger partial charge in [0.25, 0.3) is 0 Å². The van der Waals surface area contributed by atoms with Gasteiger partial charge in [-0.2, -0.15) is 4.72 Å². The molecule has 0 aliphatic carbocycles. The van der Waals surface area contributed by atoms with Gasteiger partial charge in [-0.3, -0.25) is 4.79 Å². The molecule has 0 heterocycles. The van der Waals surface area contributed by atoms with E-state index in [4.69, 9.17) is 10.2 Å². The van der Waals surface area contributed by atoms with Crippen LogP contribution in [-0.2, 0) is 20.6 Å². The number of carbonyl (C=O) groups is 1. The number of hydrogen-bond acceptors (Lipinski definition) is 4. The highest BCUT2D eigenvalue weighted by Gasteiger charge is 2.23. The van der Waals surface area contributed by atoms with E-state index in [2.05, 4.69) is 0 Å². The summed E-state index contributed by atoms with van der Waals surface area (Å²) in [4.78, 5) is 10.6. The van der Waals surface area contributed by atoms with E-state index in [0.717, 1.165) is 12.1 Å². The van der Waals surface area contributed by atoms with Crippen molar-refractivity contribution >= 4 is 16.0 Å². The molecule has 0 fully saturated rings. The smallest absolute Gasteiger partial charge is 0.324 e. The zero-order valence-electron chi connectivity index (χ0n) is 9.21. The van der Waals surface area contributed by atoms with Crippen molar-refractivity contribution in [2.24, 2.45) is 0 Å². The van der Waals surface area contributed by atoms with E-state index in [1.807, 2.05) is 4.72 Å². The van der Waals surface area contributed by atoms with Crippen LogP contribution in [0.5, 0.6) is 0 Å². The maximum Gasteiger partial charge on any atom is 0.324 e. The molecule has 1 aromatic rings. The molecule has 0 bridgehead atoms. The topological polar surface area (TPSA) is 104 Å². The molecule has 8 heteroatoms. The fourth-order valence-electron chi connectivity index (χ4n) is 1.22. The SMILES string of the molecule is O=C(O)[C@@H](CO)NS(=O)(=O)Cc1ccc(F)cc1. The summed E-state index contributed by atoms with van der Waals surface area (Å²) in [7, 11) is -3.92. The van der Waals surface area contributed by atoms with Gasteiger partial charge in [0.2, 0.25) is 10.0 Å². The van der Waals surface area contributed by atoms with Gasteiger partial charge in [-0.1, -0.05) is 12.1 Å². The predicted octanol–water partition coefficient (Wildman–Crippen LogP) is -0.309. The number of carboxylic acid groups (broad SMARTS) is 1. The fraction of sp³-hybridized carbons (Fsp3) is 0.300. The number of halogens is 1. The molecule has 18 heavy (non-hydrogen) atoms. The molecule has 0 amide bonds. The number of sulfonamides is 1. The van der Waals surface area contributed by atoms with Crippen molar-refractivity contribution in [1.29, 1.82) is 0 Å². The van der Waals surface area contributed by atoms with Crippen LogP contribution in [0, 0.1) is 5.82 Å². The monoisotopic (exact) mass is 277 g/mol. The van der Waals surface area contributed by atoms with Crippen LogP contribution in [0.3, 0.4) is 0 Å². The molecule has 0 unspecified atom stereocenters. The van der Waals surface area contributed by atoms with E-state index >= 15 is 0 Å². The second kappa shape index (κ2) is 5.89. The number of benzene rings is 1. The Balaban J connectivity index is 2.76. The summed E-state index contributed by atoms with van der Waals surface area (Å²) in [5.74, 6) is -2.46. The second-order valence-corrected chi connectivity index (χ2v) is 5.33. The quantitative estimate of drug-likeness (QED) is 0.661. The molecule has 100 valence electrons. The van der Waals surface area contributed by atoms with Gasteiger partial charge in [0, 0.05) is 0 Å². The molecule has 0 aromatic heterocycles. The summed E-state index contributed by atoms with van der Waals surface area (Å²) in [5.41, 5.74) is 0.311. The van der Waals surface area contributed by atoms with Crippen LogP contribution < -0.4 is 4.72 Å². The number of aliphatic hydroxyl groups excluding tert-OH is 1. The summed E-state index contributed by atoms with van der Waals surface area (Å²) < 4.78 is 37.6. The number of aliphatic carboxylic acids is 1. The summed E-state index contributed by atoms with van der Waals surface area (Å²) >= 11 is 0. The van der Waals surface area contributed by atoms with Crippen LogP contribution in [0.2, 0.25) is 0 Å². The van der Waals surface area contributed by atoms with Crippen molar-refractivity contribution in [3.8, 4) is 0 Å². The van der Waals surface area contributed by atoms with E-state index in [1.54, 1.807) is 0 Å². The van der Waals surface area contributed by atoms with Crippen LogP contribution in [0.1, 0.15) is 5.56 Å². The molecule has 0 saturated carbocycles. The minimum atomic E-state index is -3.92. The van der Waals surface area contributed by atoms with E-state index in [0.29, 0.717) is 5.56 Å². The Morgan fingerprint density at radius 2 is 1.89 bits per heavy atom. The molecular formula is C10H12FNO5S. The Labute approximate surface area is 103 Å². The summed E-state index contributed by atoms with van der Waals surface area (Å²) in [6, 6.07) is 3.18. The van der Waals surface area contributed by atoms with Crippen LogP contribution in [0.15, 0.2) is 24.3 Å². The van der Waals surface area contributed by atoms with Gasteiger partial charge in [0.15, 0.2) is 0 Å². The molecule has 6 nitrogen and oxygen atoms in total. The molecule has 1 aromatic carbocycles. The standard InChI is InChI=1S/C10H12FNO5S/c11-8-3-1-7(2-4-8)6-18(16,17)12-9(5-13)10(14)15/h1-4,9,12-13H,5-6H2,(H,14,15)/t9-/m1/s1. The first-order valence-electron chi connectivity index (χ1n) is 4.92. The van der Waals surface area contributed by atoms with Crippen LogP contribution in [0.25, 0.3) is 0 Å². The van der Waals surface area contributed by atoms with Gasteiger partial charge in [-0.15, -0.1) is 0 Å². The first-order valence-corrected chi connectivity index (χ1v) is 6.57. The zero-order chi connectivity index (χ0) is 13.8. The number of nitrogens with one attached hydrogen (secondary N) is 1. The summed E-state index contributed by atoms with van der Waals surface area (Å²) in [6.07, 6.45) is 0. The lowest BCUT2D eigenvalue weighted by Gasteiger charge is -2.12. The molecule has 3 N–H and O–H groups in total. The molecule has 0 spiro atoms. The van der Waals surface area contributed by atoms with Crippen molar-refractivity contribution in [2.75, 3.05) is 6.61 Å². The average Bonchev–Trinajstić information content (AvgIpc) is 2.28. The van der Waals surface area contributed by atoms with Crippen molar-refractivity contribution in [2.45, 2.75) is 11.8 Å². The van der Waals surface area contributed by atoms with Crippen LogP contribution >= 0.6 is 0 Å². The summed E-state index contributed by atoms with van der Waals surface area (Å²) in [6.45, 7) is -0.849. The Kier molecular flexibility index (Phi) is 4.76. The van der Waals surface area contributed by atoms with Gasteiger partial charge >= 0.3 is 5.97 Å². The predicted molar refractivity (Wildman–Crippen MR) is 60.7 cm³/mol. The highest BCUT2D eigenvalue weighted by Crippen LogP contribution is 2.07. The number of aliphatic hydroxyl groups is 1. The Bertz CT molecular complexity index is 514. The molecule has 0 radical (unpaired) electrons. The third-order valence-corrected chi connectivity index (χ3v) is 3.43. The number of hydrogen-bond donors (Lipinski definition) is 3. The lowest BCUT2D eigenvalue weighted by Crippen LogP contribution is -2.43. The molecule has 0 aliphatic heterocycles. The summed E-state index contributed by atoms with van der Waals surface area (Å²) in [5, 5.41) is 17.3. The molecule has 0 aliphatic rings. The van der Waals surface area contributed by atoms with E-state index in [-0.39, 0.29) is 0 Å². The Hall–Kier alpha value is -1.51. The number of carboxylic acids is 1. The third-order valence-electron chi connectivity index (χ3n) is 2.07. The van der Waals surface area contributed by atoms with Crippen LogP contribution in [-0.4, -0.2) is 37.2 Å². The van der Waals surface area contributed by atoms with Crippen LogP contribution in [0.4, 0.5) is 4.39 Å². The maximum absolute atomic E-state index is 12.6. The zero-order valence-corrected chi connectivity index (χ0v) is 10.0. The normalized spacial score (nSPS) is 13.2. The first-order chi connectivity index (χ1) is 8.34. The second-order valence-electron chi connectivity index (χ2n) is 3.58. The van der Waals surface area contributed by atoms with Gasteiger partial charge in [-0.25, -0.2) is 12.8 Å². The van der Waals surface area contributed by atoms with Gasteiger partial charge in [0.05, 0.1) is 12.4 Å². The van der Waals surface area contributed by atoms with E-state index in [9.17, 15) is 17.6 Å². The van der Waals surface area contributed by atoms with Gasteiger partial charge in [0.1, 0.15) is 11.9 Å². The van der Waals surface area contributed by atoms with Crippen molar-refractivity contribution in [3.05, 3.63) is 35.6 Å². The van der Waals surface area contributed by atoms with Crippen molar-refractivity contribution < 1.29 is 27.8 Å². The van der Waals surface area contributed by atoms with E-state index < -0.39 is 40.2 Å². The maximum atomic E-state index is 12.6. The highest BCUT2D eigenvalue weighted by atomic mass is 32.2. The Morgan fingerprint density at radius 3 is 2.33 bits per heavy atom. The van der Waals surface area contributed by atoms with Crippen molar-refractivity contribution in [1.82, 2.24) is 4.72 Å². The molecule has 1 atom stereocenters. The lowest BCUT2D eigenvalue weighted by molar-refractivity contribution is -0.139. The van der Waals surface area contributed by atoms with Gasteiger partial charge in [-0.05, 0) is 17.7 Å². The lowest BCUT2D eigenvalue weighted by atomic mass is 10.2. The largest absolute Gasteiger partial charge is 0.480 e. The first kappa shape index (κ1) is 14.6. The highest BCUT2D eigenvalue weighted by molar-refractivity contribution is 7.88. The fourth-order valence-corrected chi connectivity index (χ4v) is 2.55. The number of rotatable bonds is 6. The third kappa shape index (κ3) is 4.40. The minimum Gasteiger partial charge on any atom is -0.480 e. The Morgan fingerprint density at radius 1 is 1.33 bits per heavy atom. The van der Waals surface area contributed by atoms with Crippen molar-refractivity contribution in [3.63, 3.8) is 0 Å². The van der Waals surface area contributed by atoms with E-state index in [1.165, 1.54) is 12.1 Å². The molecule has 0 saturated heterocycles. The average molecular weight is 277 g/mol. The van der Waals surface area contributed by atoms with Gasteiger partial charge < -0.3 is 10.2 Å². The molecular weight excluding hydrogens is 265 g/mol. The molecule has 1 rings (SSSR count).